The summed E-state index contributed by atoms with van der Waals surface area (Å²) in [6.07, 6.45) is 0.357. The molecule has 1 rings (SSSR count). The molecule has 0 aliphatic heterocycles. The molecule has 1 aromatic carbocycles. The van der Waals surface area contributed by atoms with Crippen LogP contribution in [0.5, 0.6) is 5.75 Å². The second-order valence-corrected chi connectivity index (χ2v) is 4.92. The quantitative estimate of drug-likeness (QED) is 0.374. The van der Waals surface area contributed by atoms with Crippen LogP contribution in [0.2, 0.25) is 5.02 Å². The van der Waals surface area contributed by atoms with Gasteiger partial charge in [0.2, 0.25) is 0 Å². The highest BCUT2D eigenvalue weighted by Gasteiger charge is 2.06. The molecule has 0 bridgehead atoms. The molecular weight excluding hydrogens is 258 g/mol. The summed E-state index contributed by atoms with van der Waals surface area (Å²) in [5.74, 6) is 1.20. The van der Waals surface area contributed by atoms with Gasteiger partial charge in [-0.2, -0.15) is 0 Å². The van der Waals surface area contributed by atoms with Crippen LogP contribution in [0.25, 0.3) is 0 Å². The summed E-state index contributed by atoms with van der Waals surface area (Å²) < 4.78 is 5.08. The molecule has 0 heterocycles. The molecule has 1 aromatic rings. The van der Waals surface area contributed by atoms with Crippen molar-refractivity contribution in [1.29, 1.82) is 0 Å². The molecule has 94 valence electrons. The van der Waals surface area contributed by atoms with Gasteiger partial charge in [0.15, 0.2) is 0 Å². The van der Waals surface area contributed by atoms with Gasteiger partial charge in [0.1, 0.15) is 5.75 Å². The molecule has 17 heavy (non-hydrogen) atoms. The Hall–Kier alpha value is -0.710. The Balaban J connectivity index is 2.62. The number of carbonyl (C=O) groups excluding carboxylic acids is 1. The smallest absolute Gasteiger partial charge is 0.310 e. The fourth-order valence-electron chi connectivity index (χ4n) is 1.13. The van der Waals surface area contributed by atoms with E-state index in [0.717, 1.165) is 17.2 Å². The molecule has 0 aliphatic carbocycles. The molecule has 0 atom stereocenters. The standard InChI is InChI=1S/C12H16ClNO2S/c1-3-12(15)16-9-4-5-11(10(13)8-9)17-7-6-14-2/h4-5,8,14H,3,6-7H2,1-2H3. The molecule has 0 radical (unpaired) electrons. The third-order valence-electron chi connectivity index (χ3n) is 2.03. The Bertz CT molecular complexity index is 385. The highest BCUT2D eigenvalue weighted by atomic mass is 35.5. The van der Waals surface area contributed by atoms with Crippen LogP contribution in [-0.2, 0) is 4.79 Å². The summed E-state index contributed by atoms with van der Waals surface area (Å²) >= 11 is 7.77. The first-order valence-electron chi connectivity index (χ1n) is 5.45. The van der Waals surface area contributed by atoms with E-state index in [-0.39, 0.29) is 5.97 Å². The fraction of sp³-hybridized carbons (Fsp3) is 0.417. The second-order valence-electron chi connectivity index (χ2n) is 3.37. The second kappa shape index (κ2) is 7.58. The maximum atomic E-state index is 11.1. The Labute approximate surface area is 111 Å². The van der Waals surface area contributed by atoms with Crippen LogP contribution in [0.1, 0.15) is 13.3 Å². The van der Waals surface area contributed by atoms with E-state index < -0.39 is 0 Å². The average Bonchev–Trinajstić information content (AvgIpc) is 2.32. The molecule has 0 fully saturated rings. The van der Waals surface area contributed by atoms with Crippen molar-refractivity contribution in [3.8, 4) is 5.75 Å². The molecule has 0 amide bonds. The van der Waals surface area contributed by atoms with E-state index in [1.807, 2.05) is 13.1 Å². The van der Waals surface area contributed by atoms with Gasteiger partial charge < -0.3 is 10.1 Å². The topological polar surface area (TPSA) is 38.3 Å². The van der Waals surface area contributed by atoms with Crippen LogP contribution >= 0.6 is 23.4 Å². The van der Waals surface area contributed by atoms with Gasteiger partial charge in [0, 0.05) is 29.7 Å². The normalized spacial score (nSPS) is 10.3. The van der Waals surface area contributed by atoms with Crippen LogP contribution in [0.4, 0.5) is 0 Å². The monoisotopic (exact) mass is 273 g/mol. The van der Waals surface area contributed by atoms with Crippen molar-refractivity contribution in [2.75, 3.05) is 19.3 Å². The van der Waals surface area contributed by atoms with E-state index in [2.05, 4.69) is 5.32 Å². The van der Waals surface area contributed by atoms with Crippen molar-refractivity contribution < 1.29 is 9.53 Å². The average molecular weight is 274 g/mol. The zero-order chi connectivity index (χ0) is 12.7. The first-order chi connectivity index (χ1) is 8.17. The van der Waals surface area contributed by atoms with Crippen molar-refractivity contribution in [3.63, 3.8) is 0 Å². The summed E-state index contributed by atoms with van der Waals surface area (Å²) in [5, 5.41) is 3.69. The highest BCUT2D eigenvalue weighted by molar-refractivity contribution is 7.99. The van der Waals surface area contributed by atoms with Crippen LogP contribution in [0.15, 0.2) is 23.1 Å². The minimum Gasteiger partial charge on any atom is -0.426 e. The zero-order valence-electron chi connectivity index (χ0n) is 9.96. The van der Waals surface area contributed by atoms with Gasteiger partial charge in [-0.1, -0.05) is 18.5 Å². The molecule has 0 saturated carbocycles. The zero-order valence-corrected chi connectivity index (χ0v) is 11.5. The van der Waals surface area contributed by atoms with Crippen molar-refractivity contribution >= 4 is 29.3 Å². The minimum atomic E-state index is -0.253. The van der Waals surface area contributed by atoms with E-state index >= 15 is 0 Å². The Kier molecular flexibility index (Phi) is 6.40. The van der Waals surface area contributed by atoms with Crippen molar-refractivity contribution in [2.24, 2.45) is 0 Å². The van der Waals surface area contributed by atoms with E-state index in [4.69, 9.17) is 16.3 Å². The minimum absolute atomic E-state index is 0.253. The van der Waals surface area contributed by atoms with Gasteiger partial charge in [0.25, 0.3) is 0 Å². The molecule has 5 heteroatoms. The molecule has 0 spiro atoms. The lowest BCUT2D eigenvalue weighted by Crippen LogP contribution is -2.09. The number of hydrogen-bond acceptors (Lipinski definition) is 4. The summed E-state index contributed by atoms with van der Waals surface area (Å²) in [5.41, 5.74) is 0. The van der Waals surface area contributed by atoms with Crippen molar-refractivity contribution in [2.45, 2.75) is 18.2 Å². The van der Waals surface area contributed by atoms with Gasteiger partial charge in [0.05, 0.1) is 5.02 Å². The van der Waals surface area contributed by atoms with Crippen LogP contribution in [0.3, 0.4) is 0 Å². The van der Waals surface area contributed by atoms with Gasteiger partial charge in [-0.05, 0) is 19.2 Å². The lowest BCUT2D eigenvalue weighted by atomic mass is 10.3. The fourth-order valence-corrected chi connectivity index (χ4v) is 2.35. The third-order valence-corrected chi connectivity index (χ3v) is 3.53. The van der Waals surface area contributed by atoms with E-state index in [9.17, 15) is 4.79 Å². The summed E-state index contributed by atoms with van der Waals surface area (Å²) in [7, 11) is 1.91. The predicted octanol–water partition coefficient (Wildman–Crippen LogP) is 2.97. The first kappa shape index (κ1) is 14.4. The Morgan fingerprint density at radius 2 is 2.29 bits per heavy atom. The summed E-state index contributed by atoms with van der Waals surface area (Å²) in [6, 6.07) is 5.32. The van der Waals surface area contributed by atoms with Crippen LogP contribution in [0, 0.1) is 0 Å². The number of carbonyl (C=O) groups is 1. The SMILES string of the molecule is CCC(=O)Oc1ccc(SCCNC)c(Cl)c1. The van der Waals surface area contributed by atoms with Crippen molar-refractivity contribution in [3.05, 3.63) is 23.2 Å². The molecule has 0 aromatic heterocycles. The third kappa shape index (κ3) is 4.98. The van der Waals surface area contributed by atoms with E-state index in [1.165, 1.54) is 0 Å². The van der Waals surface area contributed by atoms with Gasteiger partial charge >= 0.3 is 5.97 Å². The van der Waals surface area contributed by atoms with E-state index in [0.29, 0.717) is 17.2 Å². The summed E-state index contributed by atoms with van der Waals surface area (Å²) in [6.45, 7) is 2.68. The van der Waals surface area contributed by atoms with Gasteiger partial charge in [-0.3, -0.25) is 4.79 Å². The molecule has 1 N–H and O–H groups in total. The number of thioether (sulfide) groups is 1. The van der Waals surface area contributed by atoms with E-state index in [1.54, 1.807) is 30.8 Å². The Morgan fingerprint density at radius 3 is 2.88 bits per heavy atom. The first-order valence-corrected chi connectivity index (χ1v) is 6.81. The number of ether oxygens (including phenoxy) is 1. The maximum Gasteiger partial charge on any atom is 0.310 e. The number of rotatable bonds is 6. The van der Waals surface area contributed by atoms with Crippen LogP contribution < -0.4 is 10.1 Å². The number of esters is 1. The molecule has 0 saturated heterocycles. The number of hydrogen-bond donors (Lipinski definition) is 1. The predicted molar refractivity (Wildman–Crippen MR) is 72.0 cm³/mol. The van der Waals surface area contributed by atoms with Crippen molar-refractivity contribution in [1.82, 2.24) is 5.32 Å². The Morgan fingerprint density at radius 1 is 1.53 bits per heavy atom. The molecule has 3 nitrogen and oxygen atoms in total. The lowest BCUT2D eigenvalue weighted by molar-refractivity contribution is -0.134. The summed E-state index contributed by atoms with van der Waals surface area (Å²) in [4.78, 5) is 12.1. The van der Waals surface area contributed by atoms with Gasteiger partial charge in [-0.15, -0.1) is 11.8 Å². The molecule has 0 unspecified atom stereocenters. The maximum absolute atomic E-state index is 11.1. The van der Waals surface area contributed by atoms with Gasteiger partial charge in [-0.25, -0.2) is 0 Å². The number of nitrogens with one attached hydrogen (secondary N) is 1. The number of benzene rings is 1. The highest BCUT2D eigenvalue weighted by Crippen LogP contribution is 2.30. The lowest BCUT2D eigenvalue weighted by Gasteiger charge is -2.07. The molecule has 0 aliphatic rings. The molecular formula is C12H16ClNO2S. The largest absolute Gasteiger partial charge is 0.426 e. The number of halogens is 1. The van der Waals surface area contributed by atoms with Crippen LogP contribution in [-0.4, -0.2) is 25.3 Å².